The van der Waals surface area contributed by atoms with Gasteiger partial charge in [-0.3, -0.25) is 10.1 Å². The summed E-state index contributed by atoms with van der Waals surface area (Å²) in [5, 5.41) is 5.95. The van der Waals surface area contributed by atoms with Crippen molar-refractivity contribution < 1.29 is 18.7 Å². The summed E-state index contributed by atoms with van der Waals surface area (Å²) in [4.78, 5) is 17.1. The molecule has 8 heteroatoms. The number of hydrogen-bond donors (Lipinski definition) is 2. The van der Waals surface area contributed by atoms with Gasteiger partial charge >= 0.3 is 0 Å². The van der Waals surface area contributed by atoms with Gasteiger partial charge in [0, 0.05) is 22.9 Å². The number of methoxy groups -OCH3 is 2. The molecule has 0 spiro atoms. The van der Waals surface area contributed by atoms with Crippen molar-refractivity contribution in [1.82, 2.24) is 10.3 Å². The molecule has 0 bridgehead atoms. The molecule has 3 aromatic carbocycles. The van der Waals surface area contributed by atoms with E-state index in [1.54, 1.807) is 38.5 Å². The van der Waals surface area contributed by atoms with Crippen molar-refractivity contribution in [2.75, 3.05) is 19.5 Å². The van der Waals surface area contributed by atoms with Crippen LogP contribution < -0.4 is 20.1 Å². The monoisotopic (exact) mass is 447 g/mol. The van der Waals surface area contributed by atoms with Crippen molar-refractivity contribution in [3.63, 3.8) is 0 Å². The molecule has 1 aromatic heterocycles. The maximum Gasteiger partial charge on any atom is 0.257 e. The van der Waals surface area contributed by atoms with Gasteiger partial charge < -0.3 is 19.2 Å². The van der Waals surface area contributed by atoms with Crippen LogP contribution >= 0.6 is 12.2 Å². The predicted molar refractivity (Wildman–Crippen MR) is 127 cm³/mol. The summed E-state index contributed by atoms with van der Waals surface area (Å²) in [6, 6.07) is 18.0. The molecule has 4 aromatic rings. The number of oxazole rings is 1. The third-order valence-corrected chi connectivity index (χ3v) is 5.09. The van der Waals surface area contributed by atoms with Gasteiger partial charge in [0.15, 0.2) is 10.7 Å². The Kier molecular flexibility index (Phi) is 6.04. The first-order valence-electron chi connectivity index (χ1n) is 9.79. The number of fused-ring (bicyclic) bond motifs is 1. The van der Waals surface area contributed by atoms with E-state index in [2.05, 4.69) is 15.6 Å². The summed E-state index contributed by atoms with van der Waals surface area (Å²) >= 11 is 5.35. The van der Waals surface area contributed by atoms with Crippen molar-refractivity contribution in [3.05, 3.63) is 71.8 Å². The average molecular weight is 448 g/mol. The normalized spacial score (nSPS) is 10.6. The Morgan fingerprint density at radius 2 is 1.78 bits per heavy atom. The van der Waals surface area contributed by atoms with E-state index in [0.29, 0.717) is 34.1 Å². The number of aromatic nitrogens is 1. The van der Waals surface area contributed by atoms with Crippen molar-refractivity contribution in [2.24, 2.45) is 0 Å². The molecule has 0 fully saturated rings. The summed E-state index contributed by atoms with van der Waals surface area (Å²) in [5.41, 5.74) is 4.27. The van der Waals surface area contributed by atoms with Crippen LogP contribution in [-0.4, -0.2) is 30.2 Å². The van der Waals surface area contributed by atoms with Gasteiger partial charge in [0.05, 0.1) is 14.2 Å². The highest BCUT2D eigenvalue weighted by atomic mass is 32.1. The molecule has 4 rings (SSSR count). The standard InChI is InChI=1S/C24H21N3O4S/c1-14-7-8-16(23-25-20-13-18(30-3)9-10-21(20)31-23)12-19(14)26-24(32)27-22(28)15-5-4-6-17(11-15)29-2/h4-13H,1-3H3,(H2,26,27,28,32). The Balaban J connectivity index is 1.52. The number of amides is 1. The van der Waals surface area contributed by atoms with E-state index in [9.17, 15) is 4.79 Å². The van der Waals surface area contributed by atoms with Gasteiger partial charge in [0.2, 0.25) is 5.89 Å². The van der Waals surface area contributed by atoms with Crippen LogP contribution in [0.4, 0.5) is 5.69 Å². The molecule has 0 aliphatic rings. The Labute approximate surface area is 190 Å². The van der Waals surface area contributed by atoms with Crippen LogP contribution in [-0.2, 0) is 0 Å². The van der Waals surface area contributed by atoms with Gasteiger partial charge in [-0.05, 0) is 67.2 Å². The minimum absolute atomic E-state index is 0.181. The van der Waals surface area contributed by atoms with Gasteiger partial charge in [0.25, 0.3) is 5.91 Å². The van der Waals surface area contributed by atoms with Gasteiger partial charge in [0.1, 0.15) is 17.0 Å². The summed E-state index contributed by atoms with van der Waals surface area (Å²) in [5.74, 6) is 1.45. The molecule has 32 heavy (non-hydrogen) atoms. The summed E-state index contributed by atoms with van der Waals surface area (Å²) < 4.78 is 16.3. The number of anilines is 1. The zero-order chi connectivity index (χ0) is 22.7. The lowest BCUT2D eigenvalue weighted by molar-refractivity contribution is 0.0977. The van der Waals surface area contributed by atoms with Gasteiger partial charge in [-0.15, -0.1) is 0 Å². The molecule has 1 amide bonds. The third kappa shape index (κ3) is 4.55. The van der Waals surface area contributed by atoms with Gasteiger partial charge in [-0.2, -0.15) is 0 Å². The molecule has 0 radical (unpaired) electrons. The highest BCUT2D eigenvalue weighted by Crippen LogP contribution is 2.29. The van der Waals surface area contributed by atoms with E-state index in [1.165, 1.54) is 0 Å². The minimum Gasteiger partial charge on any atom is -0.497 e. The number of carbonyl (C=O) groups excluding carboxylic acids is 1. The number of carbonyl (C=O) groups is 1. The van der Waals surface area contributed by atoms with Crippen LogP contribution in [0, 0.1) is 6.92 Å². The fourth-order valence-corrected chi connectivity index (χ4v) is 3.34. The average Bonchev–Trinajstić information content (AvgIpc) is 3.23. The lowest BCUT2D eigenvalue weighted by Crippen LogP contribution is -2.34. The van der Waals surface area contributed by atoms with Crippen LogP contribution in [0.1, 0.15) is 15.9 Å². The Morgan fingerprint density at radius 3 is 2.56 bits per heavy atom. The number of rotatable bonds is 5. The maximum atomic E-state index is 12.5. The first-order chi connectivity index (χ1) is 15.5. The number of thiocarbonyl (C=S) groups is 1. The zero-order valence-electron chi connectivity index (χ0n) is 17.8. The molecule has 162 valence electrons. The van der Waals surface area contributed by atoms with Gasteiger partial charge in [-0.1, -0.05) is 12.1 Å². The minimum atomic E-state index is -0.330. The van der Waals surface area contributed by atoms with E-state index in [-0.39, 0.29) is 11.0 Å². The molecule has 0 atom stereocenters. The second-order valence-corrected chi connectivity index (χ2v) is 7.43. The highest BCUT2D eigenvalue weighted by molar-refractivity contribution is 7.80. The lowest BCUT2D eigenvalue weighted by atomic mass is 10.1. The summed E-state index contributed by atoms with van der Waals surface area (Å²) in [7, 11) is 3.16. The van der Waals surface area contributed by atoms with E-state index in [0.717, 1.165) is 16.8 Å². The fourth-order valence-electron chi connectivity index (χ4n) is 3.14. The molecule has 0 unspecified atom stereocenters. The van der Waals surface area contributed by atoms with Crippen LogP contribution in [0.25, 0.3) is 22.6 Å². The number of hydrogen-bond acceptors (Lipinski definition) is 6. The first-order valence-corrected chi connectivity index (χ1v) is 10.2. The number of ether oxygens (including phenoxy) is 2. The largest absolute Gasteiger partial charge is 0.497 e. The third-order valence-electron chi connectivity index (χ3n) is 4.89. The van der Waals surface area contributed by atoms with Crippen LogP contribution in [0.15, 0.2) is 65.1 Å². The molecule has 0 aliphatic carbocycles. The fraction of sp³-hybridized carbons (Fsp3) is 0.125. The zero-order valence-corrected chi connectivity index (χ0v) is 18.6. The number of nitrogens with one attached hydrogen (secondary N) is 2. The van der Waals surface area contributed by atoms with Crippen molar-refractivity contribution >= 4 is 40.0 Å². The second kappa shape index (κ2) is 9.07. The highest BCUT2D eigenvalue weighted by Gasteiger charge is 2.13. The van der Waals surface area contributed by atoms with Crippen molar-refractivity contribution in [2.45, 2.75) is 6.92 Å². The van der Waals surface area contributed by atoms with Crippen molar-refractivity contribution in [3.8, 4) is 23.0 Å². The number of aryl methyl sites for hydroxylation is 1. The molecule has 0 saturated heterocycles. The number of benzene rings is 3. The second-order valence-electron chi connectivity index (χ2n) is 7.02. The molecule has 2 N–H and O–H groups in total. The quantitative estimate of drug-likeness (QED) is 0.419. The molecule has 7 nitrogen and oxygen atoms in total. The smallest absolute Gasteiger partial charge is 0.257 e. The number of nitrogens with zero attached hydrogens (tertiary/aromatic N) is 1. The van der Waals surface area contributed by atoms with Crippen LogP contribution in [0.2, 0.25) is 0 Å². The summed E-state index contributed by atoms with van der Waals surface area (Å²) in [6.45, 7) is 1.94. The van der Waals surface area contributed by atoms with E-state index >= 15 is 0 Å². The lowest BCUT2D eigenvalue weighted by Gasteiger charge is -2.13. The Morgan fingerprint density at radius 1 is 1.00 bits per heavy atom. The van der Waals surface area contributed by atoms with Crippen LogP contribution in [0.3, 0.4) is 0 Å². The Hall–Kier alpha value is -3.91. The van der Waals surface area contributed by atoms with Crippen molar-refractivity contribution in [1.29, 1.82) is 0 Å². The SMILES string of the molecule is COc1cccc(C(=O)NC(=S)Nc2cc(-c3nc4cc(OC)ccc4o3)ccc2C)c1. The molecule has 1 heterocycles. The first kappa shape index (κ1) is 21.3. The van der Waals surface area contributed by atoms with E-state index in [4.69, 9.17) is 26.1 Å². The molecule has 0 saturated carbocycles. The van der Waals surface area contributed by atoms with E-state index in [1.807, 2.05) is 43.3 Å². The topological polar surface area (TPSA) is 85.6 Å². The van der Waals surface area contributed by atoms with Crippen LogP contribution in [0.5, 0.6) is 11.5 Å². The van der Waals surface area contributed by atoms with Gasteiger partial charge in [-0.25, -0.2) is 4.98 Å². The predicted octanol–water partition coefficient (Wildman–Crippen LogP) is 4.95. The molecule has 0 aliphatic heterocycles. The molecular weight excluding hydrogens is 426 g/mol. The molecular formula is C24H21N3O4S. The Bertz CT molecular complexity index is 1320. The maximum absolute atomic E-state index is 12.5. The van der Waals surface area contributed by atoms with E-state index < -0.39 is 0 Å². The summed E-state index contributed by atoms with van der Waals surface area (Å²) in [6.07, 6.45) is 0.